The van der Waals surface area contributed by atoms with Gasteiger partial charge >= 0.3 is 6.36 Å². The Labute approximate surface area is 116 Å². The topological polar surface area (TPSA) is 55.5 Å². The van der Waals surface area contributed by atoms with Gasteiger partial charge in [-0.3, -0.25) is 0 Å². The van der Waals surface area contributed by atoms with Crippen molar-refractivity contribution in [2.45, 2.75) is 6.36 Å². The maximum Gasteiger partial charge on any atom is 0.573 e. The van der Waals surface area contributed by atoms with Crippen LogP contribution in [0, 0.1) is 0 Å². The Kier molecular flexibility index (Phi) is 2.97. The fraction of sp³-hybridized carbons (Fsp3) is 0.0714. The molecule has 0 spiro atoms. The van der Waals surface area contributed by atoms with E-state index >= 15 is 0 Å². The van der Waals surface area contributed by atoms with Crippen molar-refractivity contribution in [3.63, 3.8) is 0 Å². The summed E-state index contributed by atoms with van der Waals surface area (Å²) in [6, 6.07) is 9.62. The number of hydrogen-bond acceptors (Lipinski definition) is 4. The third-order valence-electron chi connectivity index (χ3n) is 2.71. The Morgan fingerprint density at radius 2 is 1.76 bits per heavy atom. The summed E-state index contributed by atoms with van der Waals surface area (Å²) in [5, 5.41) is 9.35. The standard InChI is InChI=1S/C14H8F3NO3/c15-14(16,17)21-10-4-1-8(2-5-10)13-18-11-7-9(19)3-6-12(11)20-13/h1-7,19H. The van der Waals surface area contributed by atoms with Crippen LogP contribution in [-0.2, 0) is 0 Å². The zero-order valence-electron chi connectivity index (χ0n) is 10.4. The number of aromatic nitrogens is 1. The van der Waals surface area contributed by atoms with Crippen LogP contribution < -0.4 is 4.74 Å². The van der Waals surface area contributed by atoms with Crippen molar-refractivity contribution < 1.29 is 27.4 Å². The van der Waals surface area contributed by atoms with Crippen LogP contribution in [0.25, 0.3) is 22.6 Å². The number of oxazole rings is 1. The molecule has 0 saturated carbocycles. The Hall–Kier alpha value is -2.70. The fourth-order valence-electron chi connectivity index (χ4n) is 1.84. The van der Waals surface area contributed by atoms with Crippen molar-refractivity contribution in [2.24, 2.45) is 0 Å². The second kappa shape index (κ2) is 4.69. The number of ether oxygens (including phenoxy) is 1. The largest absolute Gasteiger partial charge is 0.573 e. The van der Waals surface area contributed by atoms with Gasteiger partial charge in [0, 0.05) is 11.6 Å². The second-order valence-corrected chi connectivity index (χ2v) is 4.24. The molecule has 0 aliphatic heterocycles. The van der Waals surface area contributed by atoms with E-state index in [0.717, 1.165) is 0 Å². The number of phenols is 1. The summed E-state index contributed by atoms with van der Waals surface area (Å²) in [5.41, 5.74) is 1.43. The minimum atomic E-state index is -4.73. The van der Waals surface area contributed by atoms with E-state index in [4.69, 9.17) is 4.42 Å². The molecular formula is C14H8F3NO3. The molecule has 0 atom stereocenters. The van der Waals surface area contributed by atoms with Gasteiger partial charge in [0.05, 0.1) is 0 Å². The molecule has 0 aliphatic rings. The van der Waals surface area contributed by atoms with E-state index in [2.05, 4.69) is 9.72 Å². The number of phenolic OH excluding ortho intramolecular Hbond substituents is 1. The first-order valence-electron chi connectivity index (χ1n) is 5.86. The maximum absolute atomic E-state index is 12.1. The monoisotopic (exact) mass is 295 g/mol. The Balaban J connectivity index is 1.91. The molecule has 0 saturated heterocycles. The number of halogens is 3. The maximum atomic E-state index is 12.1. The number of rotatable bonds is 2. The quantitative estimate of drug-likeness (QED) is 0.773. The van der Waals surface area contributed by atoms with E-state index < -0.39 is 6.36 Å². The lowest BCUT2D eigenvalue weighted by molar-refractivity contribution is -0.274. The van der Waals surface area contributed by atoms with Gasteiger partial charge in [-0.2, -0.15) is 0 Å². The summed E-state index contributed by atoms with van der Waals surface area (Å²) in [7, 11) is 0. The third kappa shape index (κ3) is 2.91. The molecule has 1 N–H and O–H groups in total. The first-order valence-corrected chi connectivity index (χ1v) is 5.86. The minimum Gasteiger partial charge on any atom is -0.508 e. The number of nitrogens with zero attached hydrogens (tertiary/aromatic N) is 1. The highest BCUT2D eigenvalue weighted by Gasteiger charge is 2.31. The average Bonchev–Trinajstić information content (AvgIpc) is 2.80. The van der Waals surface area contributed by atoms with Crippen molar-refractivity contribution in [1.29, 1.82) is 0 Å². The number of fused-ring (bicyclic) bond motifs is 1. The van der Waals surface area contributed by atoms with E-state index in [1.807, 2.05) is 0 Å². The van der Waals surface area contributed by atoms with Crippen LogP contribution in [0.2, 0.25) is 0 Å². The van der Waals surface area contributed by atoms with Gasteiger partial charge in [0.1, 0.15) is 17.0 Å². The van der Waals surface area contributed by atoms with E-state index in [-0.39, 0.29) is 17.4 Å². The average molecular weight is 295 g/mol. The van der Waals surface area contributed by atoms with Gasteiger partial charge in [-0.15, -0.1) is 13.2 Å². The van der Waals surface area contributed by atoms with Gasteiger partial charge in [-0.25, -0.2) is 4.98 Å². The van der Waals surface area contributed by atoms with Crippen molar-refractivity contribution in [1.82, 2.24) is 4.98 Å². The molecule has 0 unspecified atom stereocenters. The van der Waals surface area contributed by atoms with E-state index in [0.29, 0.717) is 16.7 Å². The first kappa shape index (κ1) is 13.3. The molecule has 4 nitrogen and oxygen atoms in total. The molecule has 1 aromatic heterocycles. The molecule has 0 bridgehead atoms. The van der Waals surface area contributed by atoms with Gasteiger partial charge in [-0.05, 0) is 36.4 Å². The lowest BCUT2D eigenvalue weighted by Crippen LogP contribution is -2.16. The predicted molar refractivity (Wildman–Crippen MR) is 67.8 cm³/mol. The summed E-state index contributed by atoms with van der Waals surface area (Å²) in [6.45, 7) is 0. The van der Waals surface area contributed by atoms with Crippen molar-refractivity contribution >= 4 is 11.1 Å². The van der Waals surface area contributed by atoms with Crippen LogP contribution in [0.3, 0.4) is 0 Å². The van der Waals surface area contributed by atoms with Gasteiger partial charge in [-0.1, -0.05) is 0 Å². The summed E-state index contributed by atoms with van der Waals surface area (Å²) < 4.78 is 45.4. The van der Waals surface area contributed by atoms with Crippen LogP contribution in [0.4, 0.5) is 13.2 Å². The lowest BCUT2D eigenvalue weighted by Gasteiger charge is -2.08. The van der Waals surface area contributed by atoms with E-state index in [1.165, 1.54) is 36.4 Å². The third-order valence-corrected chi connectivity index (χ3v) is 2.71. The molecule has 3 rings (SSSR count). The van der Waals surface area contributed by atoms with E-state index in [9.17, 15) is 18.3 Å². The highest BCUT2D eigenvalue weighted by atomic mass is 19.4. The smallest absolute Gasteiger partial charge is 0.508 e. The molecule has 2 aromatic carbocycles. The molecule has 21 heavy (non-hydrogen) atoms. The van der Waals surface area contributed by atoms with Crippen LogP contribution >= 0.6 is 0 Å². The Morgan fingerprint density at radius 3 is 2.43 bits per heavy atom. The normalized spacial score (nSPS) is 11.8. The predicted octanol–water partition coefficient (Wildman–Crippen LogP) is 4.10. The highest BCUT2D eigenvalue weighted by Crippen LogP contribution is 2.29. The first-order chi connectivity index (χ1) is 9.90. The molecule has 0 aliphatic carbocycles. The molecule has 0 fully saturated rings. The molecule has 0 amide bonds. The second-order valence-electron chi connectivity index (χ2n) is 4.24. The van der Waals surface area contributed by atoms with Gasteiger partial charge in [0.2, 0.25) is 5.89 Å². The Morgan fingerprint density at radius 1 is 1.05 bits per heavy atom. The zero-order chi connectivity index (χ0) is 15.0. The molecule has 108 valence electrons. The molecular weight excluding hydrogens is 287 g/mol. The van der Waals surface area contributed by atoms with Gasteiger partial charge in [0.15, 0.2) is 5.58 Å². The molecule has 3 aromatic rings. The fourth-order valence-corrected chi connectivity index (χ4v) is 1.84. The highest BCUT2D eigenvalue weighted by molar-refractivity contribution is 5.77. The SMILES string of the molecule is Oc1ccc2oc(-c3ccc(OC(F)(F)F)cc3)nc2c1. The lowest BCUT2D eigenvalue weighted by atomic mass is 10.2. The number of hydrogen-bond donors (Lipinski definition) is 1. The van der Waals surface area contributed by atoms with Crippen LogP contribution in [0.15, 0.2) is 46.9 Å². The van der Waals surface area contributed by atoms with Gasteiger partial charge in [0.25, 0.3) is 0 Å². The number of aromatic hydroxyl groups is 1. The summed E-state index contributed by atoms with van der Waals surface area (Å²) >= 11 is 0. The Bertz CT molecular complexity index is 778. The number of benzene rings is 2. The minimum absolute atomic E-state index is 0.0521. The molecule has 7 heteroatoms. The summed E-state index contributed by atoms with van der Waals surface area (Å²) in [6.07, 6.45) is -4.73. The summed E-state index contributed by atoms with van der Waals surface area (Å²) in [5.74, 6) is -0.0227. The number of alkyl halides is 3. The van der Waals surface area contributed by atoms with Crippen LogP contribution in [0.1, 0.15) is 0 Å². The van der Waals surface area contributed by atoms with Gasteiger partial charge < -0.3 is 14.3 Å². The van der Waals surface area contributed by atoms with Crippen molar-refractivity contribution in [3.05, 3.63) is 42.5 Å². The van der Waals surface area contributed by atoms with E-state index in [1.54, 1.807) is 6.07 Å². The van der Waals surface area contributed by atoms with Crippen molar-refractivity contribution in [3.8, 4) is 23.0 Å². The molecule has 1 heterocycles. The molecule has 0 radical (unpaired) electrons. The van der Waals surface area contributed by atoms with Crippen LogP contribution in [-0.4, -0.2) is 16.5 Å². The zero-order valence-corrected chi connectivity index (χ0v) is 10.4. The summed E-state index contributed by atoms with van der Waals surface area (Å²) in [4.78, 5) is 4.16. The van der Waals surface area contributed by atoms with Crippen LogP contribution in [0.5, 0.6) is 11.5 Å². The van der Waals surface area contributed by atoms with Crippen molar-refractivity contribution in [2.75, 3.05) is 0 Å².